The molecule has 7 nitrogen and oxygen atoms in total. The molecule has 1 N–H and O–H groups in total. The largest absolute Gasteiger partial charge is 0.353 e. The number of nitro groups is 1. The molecule has 2 amide bonds. The summed E-state index contributed by atoms with van der Waals surface area (Å²) in [6, 6.07) is 0.00138. The van der Waals surface area contributed by atoms with E-state index >= 15 is 0 Å². The van der Waals surface area contributed by atoms with Crippen molar-refractivity contribution < 1.29 is 23.3 Å². The predicted octanol–water partition coefficient (Wildman–Crippen LogP) is 0.833. The van der Waals surface area contributed by atoms with Gasteiger partial charge < -0.3 is 10.2 Å². The lowest BCUT2D eigenvalue weighted by Gasteiger charge is -2.32. The number of carbonyl (C=O) groups excluding carboxylic acids is 2. The van der Waals surface area contributed by atoms with Gasteiger partial charge in [-0.3, -0.25) is 19.7 Å². The minimum absolute atomic E-state index is 0.135. The number of amides is 2. The molecule has 2 rings (SSSR count). The summed E-state index contributed by atoms with van der Waals surface area (Å²) >= 11 is 0. The van der Waals surface area contributed by atoms with Crippen LogP contribution in [0, 0.1) is 21.7 Å². The van der Waals surface area contributed by atoms with Crippen LogP contribution in [0.5, 0.6) is 0 Å². The van der Waals surface area contributed by atoms with Crippen LogP contribution in [0.1, 0.15) is 17.3 Å². The number of benzene rings is 1. The molecule has 1 unspecified atom stereocenters. The number of hydrogen-bond donors (Lipinski definition) is 1. The second kappa shape index (κ2) is 5.43. The average molecular weight is 299 g/mol. The van der Waals surface area contributed by atoms with E-state index < -0.39 is 45.7 Å². The molecule has 1 heterocycles. The number of hydrogen-bond acceptors (Lipinski definition) is 4. The van der Waals surface area contributed by atoms with E-state index in [4.69, 9.17) is 0 Å². The zero-order chi connectivity index (χ0) is 15.7. The standard InChI is InChI=1S/C12H11F2N3O4/c1-6-11(18)15-2-3-16(6)12(19)7-4-10(17(20)21)9(14)5-8(7)13/h4-6H,2-3H2,1H3,(H,15,18). The fourth-order valence-electron chi connectivity index (χ4n) is 2.06. The Bertz CT molecular complexity index is 635. The fraction of sp³-hybridized carbons (Fsp3) is 0.333. The van der Waals surface area contributed by atoms with E-state index in [1.807, 2.05) is 0 Å². The maximum atomic E-state index is 13.7. The number of piperazine rings is 1. The Morgan fingerprint density at radius 2 is 2.10 bits per heavy atom. The van der Waals surface area contributed by atoms with Crippen molar-refractivity contribution in [2.24, 2.45) is 0 Å². The zero-order valence-corrected chi connectivity index (χ0v) is 10.9. The molecule has 1 aliphatic heterocycles. The quantitative estimate of drug-likeness (QED) is 0.646. The number of rotatable bonds is 2. The lowest BCUT2D eigenvalue weighted by atomic mass is 10.1. The first-order valence-corrected chi connectivity index (χ1v) is 6.05. The molecule has 0 radical (unpaired) electrons. The highest BCUT2D eigenvalue weighted by molar-refractivity contribution is 5.98. The number of nitro benzene ring substituents is 1. The van der Waals surface area contributed by atoms with Crippen LogP contribution in [0.2, 0.25) is 0 Å². The Kier molecular flexibility index (Phi) is 3.83. The summed E-state index contributed by atoms with van der Waals surface area (Å²) in [6.45, 7) is 1.78. The second-order valence-corrected chi connectivity index (χ2v) is 4.51. The first kappa shape index (κ1) is 14.8. The summed E-state index contributed by atoms with van der Waals surface area (Å²) in [5.74, 6) is -3.87. The van der Waals surface area contributed by atoms with Crippen LogP contribution in [-0.2, 0) is 4.79 Å². The van der Waals surface area contributed by atoms with Gasteiger partial charge in [0.05, 0.1) is 10.5 Å². The van der Waals surface area contributed by atoms with Crippen LogP contribution in [0.15, 0.2) is 12.1 Å². The molecule has 0 saturated carbocycles. The molecule has 1 fully saturated rings. The number of nitrogens with zero attached hydrogens (tertiary/aromatic N) is 2. The molecule has 1 atom stereocenters. The van der Waals surface area contributed by atoms with Crippen molar-refractivity contribution in [1.29, 1.82) is 0 Å². The summed E-state index contributed by atoms with van der Waals surface area (Å²) in [7, 11) is 0. The number of halogens is 2. The number of nitrogens with one attached hydrogen (secondary N) is 1. The van der Waals surface area contributed by atoms with Crippen molar-refractivity contribution in [2.45, 2.75) is 13.0 Å². The molecule has 1 aromatic rings. The molecule has 0 spiro atoms. The normalized spacial score (nSPS) is 18.3. The Morgan fingerprint density at radius 3 is 2.71 bits per heavy atom. The smallest absolute Gasteiger partial charge is 0.305 e. The molecule has 0 bridgehead atoms. The lowest BCUT2D eigenvalue weighted by molar-refractivity contribution is -0.387. The second-order valence-electron chi connectivity index (χ2n) is 4.51. The van der Waals surface area contributed by atoms with Gasteiger partial charge in [-0.2, -0.15) is 4.39 Å². The zero-order valence-electron chi connectivity index (χ0n) is 10.9. The molecule has 1 aromatic carbocycles. The SMILES string of the molecule is CC1C(=O)NCCN1C(=O)c1cc([N+](=O)[O-])c(F)cc1F. The van der Waals surface area contributed by atoms with Crippen LogP contribution in [0.4, 0.5) is 14.5 Å². The van der Waals surface area contributed by atoms with E-state index in [2.05, 4.69) is 5.32 Å². The average Bonchev–Trinajstić information content (AvgIpc) is 2.41. The summed E-state index contributed by atoms with van der Waals surface area (Å²) < 4.78 is 27.0. The molecule has 1 aliphatic rings. The third-order valence-corrected chi connectivity index (χ3v) is 3.22. The Morgan fingerprint density at radius 1 is 1.43 bits per heavy atom. The van der Waals surface area contributed by atoms with E-state index in [0.717, 1.165) is 4.90 Å². The van der Waals surface area contributed by atoms with Gasteiger partial charge in [0.25, 0.3) is 5.91 Å². The van der Waals surface area contributed by atoms with Crippen LogP contribution >= 0.6 is 0 Å². The van der Waals surface area contributed by atoms with Crippen LogP contribution in [0.3, 0.4) is 0 Å². The van der Waals surface area contributed by atoms with Crippen LogP contribution in [-0.4, -0.2) is 40.8 Å². The lowest BCUT2D eigenvalue weighted by Crippen LogP contribution is -2.55. The van der Waals surface area contributed by atoms with E-state index in [1.165, 1.54) is 6.92 Å². The van der Waals surface area contributed by atoms with Crippen molar-refractivity contribution >= 4 is 17.5 Å². The highest BCUT2D eigenvalue weighted by Crippen LogP contribution is 2.23. The van der Waals surface area contributed by atoms with E-state index in [1.54, 1.807) is 0 Å². The Balaban J connectivity index is 2.41. The van der Waals surface area contributed by atoms with Gasteiger partial charge in [-0.1, -0.05) is 0 Å². The van der Waals surface area contributed by atoms with Crippen molar-refractivity contribution in [3.63, 3.8) is 0 Å². The Labute approximate surface area is 117 Å². The molecule has 0 aliphatic carbocycles. The van der Waals surface area contributed by atoms with Gasteiger partial charge in [0.2, 0.25) is 11.7 Å². The highest BCUT2D eigenvalue weighted by Gasteiger charge is 2.32. The van der Waals surface area contributed by atoms with Gasteiger partial charge >= 0.3 is 5.69 Å². The minimum atomic E-state index is -1.36. The molecular formula is C12H11F2N3O4. The van der Waals surface area contributed by atoms with Crippen LogP contribution in [0.25, 0.3) is 0 Å². The van der Waals surface area contributed by atoms with Crippen molar-refractivity contribution in [2.75, 3.05) is 13.1 Å². The van der Waals surface area contributed by atoms with Gasteiger partial charge in [-0.05, 0) is 6.92 Å². The first-order chi connectivity index (χ1) is 9.82. The fourth-order valence-corrected chi connectivity index (χ4v) is 2.06. The molecule has 112 valence electrons. The van der Waals surface area contributed by atoms with Gasteiger partial charge in [0, 0.05) is 25.2 Å². The summed E-state index contributed by atoms with van der Waals surface area (Å²) in [4.78, 5) is 34.4. The highest BCUT2D eigenvalue weighted by atomic mass is 19.1. The van der Waals surface area contributed by atoms with Gasteiger partial charge in [0.1, 0.15) is 11.9 Å². The minimum Gasteiger partial charge on any atom is -0.353 e. The molecule has 21 heavy (non-hydrogen) atoms. The van der Waals surface area contributed by atoms with E-state index in [9.17, 15) is 28.5 Å². The number of carbonyl (C=O) groups is 2. The van der Waals surface area contributed by atoms with Gasteiger partial charge in [-0.15, -0.1) is 0 Å². The predicted molar refractivity (Wildman–Crippen MR) is 66.5 cm³/mol. The topological polar surface area (TPSA) is 92.6 Å². The summed E-state index contributed by atoms with van der Waals surface area (Å²) in [5.41, 5.74) is -1.63. The van der Waals surface area contributed by atoms with Gasteiger partial charge in [-0.25, -0.2) is 4.39 Å². The molecular weight excluding hydrogens is 288 g/mol. The maximum Gasteiger partial charge on any atom is 0.305 e. The monoisotopic (exact) mass is 299 g/mol. The van der Waals surface area contributed by atoms with Crippen molar-refractivity contribution in [1.82, 2.24) is 10.2 Å². The molecule has 1 saturated heterocycles. The van der Waals surface area contributed by atoms with E-state index in [0.29, 0.717) is 12.1 Å². The third kappa shape index (κ3) is 2.67. The summed E-state index contributed by atoms with van der Waals surface area (Å²) in [5, 5.41) is 13.2. The first-order valence-electron chi connectivity index (χ1n) is 6.05. The molecule has 9 heteroatoms. The van der Waals surface area contributed by atoms with Gasteiger partial charge in [0.15, 0.2) is 0 Å². The summed E-state index contributed by atoms with van der Waals surface area (Å²) in [6.07, 6.45) is 0. The third-order valence-electron chi connectivity index (χ3n) is 3.22. The van der Waals surface area contributed by atoms with E-state index in [-0.39, 0.29) is 13.1 Å². The Hall–Kier alpha value is -2.58. The van der Waals surface area contributed by atoms with Crippen molar-refractivity contribution in [3.8, 4) is 0 Å². The molecule has 0 aromatic heterocycles. The van der Waals surface area contributed by atoms with Crippen molar-refractivity contribution in [3.05, 3.63) is 39.4 Å². The maximum absolute atomic E-state index is 13.7. The van der Waals surface area contributed by atoms with Crippen LogP contribution < -0.4 is 5.32 Å².